The molecule has 2 rings (SSSR count). The Morgan fingerprint density at radius 2 is 1.95 bits per heavy atom. The molecule has 1 amide bonds. The van der Waals surface area contributed by atoms with Crippen molar-refractivity contribution in [3.8, 4) is 5.75 Å². The van der Waals surface area contributed by atoms with Gasteiger partial charge in [-0.1, -0.05) is 12.1 Å². The third-order valence-electron chi connectivity index (χ3n) is 4.37. The number of hydrogen-bond donors (Lipinski definition) is 1. The second-order valence-electron chi connectivity index (χ2n) is 5.97. The van der Waals surface area contributed by atoms with E-state index in [9.17, 15) is 4.79 Å². The van der Waals surface area contributed by atoms with E-state index in [0.29, 0.717) is 13.2 Å². The molecule has 22 heavy (non-hydrogen) atoms. The Bertz CT molecular complexity index is 451. The van der Waals surface area contributed by atoms with E-state index in [0.717, 1.165) is 44.0 Å². The predicted octanol–water partition coefficient (Wildman–Crippen LogP) is 2.48. The third-order valence-corrected chi connectivity index (χ3v) is 4.37. The zero-order valence-corrected chi connectivity index (χ0v) is 13.8. The van der Waals surface area contributed by atoms with Crippen LogP contribution in [-0.4, -0.2) is 44.1 Å². The van der Waals surface area contributed by atoms with Crippen LogP contribution in [0.3, 0.4) is 0 Å². The Balaban J connectivity index is 1.71. The molecule has 0 spiro atoms. The van der Waals surface area contributed by atoms with E-state index in [1.165, 1.54) is 12.0 Å². The number of aryl methyl sites for hydroxylation is 1. The highest BCUT2D eigenvalue weighted by atomic mass is 16.5. The van der Waals surface area contributed by atoms with E-state index in [2.05, 4.69) is 29.6 Å². The average Bonchev–Trinajstić information content (AvgIpc) is 2.55. The summed E-state index contributed by atoms with van der Waals surface area (Å²) in [6, 6.07) is 8.43. The molecule has 1 heterocycles. The molecular formula is C18H28N2O2. The Kier molecular flexibility index (Phi) is 6.72. The first-order valence-electron chi connectivity index (χ1n) is 8.37. The fraction of sp³-hybridized carbons (Fsp3) is 0.611. The summed E-state index contributed by atoms with van der Waals surface area (Å²) in [5, 5.41) is 2.93. The van der Waals surface area contributed by atoms with Crippen LogP contribution >= 0.6 is 0 Å². The summed E-state index contributed by atoms with van der Waals surface area (Å²) in [5.41, 5.74) is 1.37. The van der Waals surface area contributed by atoms with Gasteiger partial charge in [0.25, 0.3) is 0 Å². The maximum atomic E-state index is 11.8. The lowest BCUT2D eigenvalue weighted by Gasteiger charge is -2.32. The highest BCUT2D eigenvalue weighted by Gasteiger charge is 2.21. The minimum atomic E-state index is 0.229. The molecule has 0 radical (unpaired) electrons. The molecule has 0 unspecified atom stereocenters. The number of ether oxygens (including phenoxy) is 1. The van der Waals surface area contributed by atoms with Gasteiger partial charge in [0.1, 0.15) is 5.75 Å². The van der Waals surface area contributed by atoms with E-state index < -0.39 is 0 Å². The van der Waals surface area contributed by atoms with Crippen LogP contribution in [0.4, 0.5) is 0 Å². The van der Waals surface area contributed by atoms with Gasteiger partial charge in [0.2, 0.25) is 5.91 Å². The fourth-order valence-electron chi connectivity index (χ4n) is 3.02. The molecule has 4 heteroatoms. The summed E-state index contributed by atoms with van der Waals surface area (Å²) in [6.07, 6.45) is 4.59. The molecule has 0 bridgehead atoms. The van der Waals surface area contributed by atoms with Gasteiger partial charge in [-0.3, -0.25) is 4.79 Å². The lowest BCUT2D eigenvalue weighted by Crippen LogP contribution is -2.42. The first kappa shape index (κ1) is 16.8. The smallest absolute Gasteiger partial charge is 0.236 e. The summed E-state index contributed by atoms with van der Waals surface area (Å²) in [7, 11) is 1.82. The topological polar surface area (TPSA) is 41.6 Å². The van der Waals surface area contributed by atoms with Crippen molar-refractivity contribution in [2.75, 3.05) is 33.3 Å². The molecule has 0 aromatic heterocycles. The quantitative estimate of drug-likeness (QED) is 0.841. The number of nitrogens with one attached hydrogen (secondary N) is 1. The monoisotopic (exact) mass is 304 g/mol. The molecule has 1 saturated heterocycles. The number of likely N-dealkylation sites (N-methyl/N-ethyl adjacent to an activating group) is 1. The summed E-state index contributed by atoms with van der Waals surface area (Å²) < 4.78 is 5.47. The van der Waals surface area contributed by atoms with E-state index in [4.69, 9.17) is 4.74 Å². The number of likely N-dealkylation sites (tertiary alicyclic amines) is 1. The van der Waals surface area contributed by atoms with Crippen LogP contribution in [0.1, 0.15) is 31.7 Å². The number of carbonyl (C=O) groups is 1. The molecule has 122 valence electrons. The van der Waals surface area contributed by atoms with Gasteiger partial charge in [-0.15, -0.1) is 0 Å². The van der Waals surface area contributed by atoms with Gasteiger partial charge < -0.3 is 15.0 Å². The average molecular weight is 304 g/mol. The first-order chi connectivity index (χ1) is 10.7. The summed E-state index contributed by atoms with van der Waals surface area (Å²) in [6.45, 7) is 4.99. The highest BCUT2D eigenvalue weighted by molar-refractivity contribution is 5.78. The lowest BCUT2D eigenvalue weighted by molar-refractivity contribution is -0.131. The lowest BCUT2D eigenvalue weighted by atomic mass is 9.90. The summed E-state index contributed by atoms with van der Waals surface area (Å²) in [4.78, 5) is 13.8. The second kappa shape index (κ2) is 8.79. The van der Waals surface area contributed by atoms with E-state index in [-0.39, 0.29) is 5.91 Å². The van der Waals surface area contributed by atoms with E-state index in [1.807, 2.05) is 18.9 Å². The van der Waals surface area contributed by atoms with Gasteiger partial charge in [0.05, 0.1) is 13.2 Å². The van der Waals surface area contributed by atoms with Gasteiger partial charge in [0, 0.05) is 13.1 Å². The first-order valence-corrected chi connectivity index (χ1v) is 8.37. The van der Waals surface area contributed by atoms with Gasteiger partial charge in [0.15, 0.2) is 0 Å². The molecule has 4 nitrogen and oxygen atoms in total. The van der Waals surface area contributed by atoms with Crippen molar-refractivity contribution in [3.05, 3.63) is 29.8 Å². The van der Waals surface area contributed by atoms with Crippen LogP contribution in [-0.2, 0) is 11.2 Å². The third kappa shape index (κ3) is 5.02. The van der Waals surface area contributed by atoms with E-state index >= 15 is 0 Å². The van der Waals surface area contributed by atoms with Crippen molar-refractivity contribution in [3.63, 3.8) is 0 Å². The van der Waals surface area contributed by atoms with Crippen LogP contribution in [0.5, 0.6) is 5.75 Å². The van der Waals surface area contributed by atoms with Crippen molar-refractivity contribution in [2.45, 2.75) is 32.6 Å². The van der Waals surface area contributed by atoms with Crippen LogP contribution in [0.15, 0.2) is 24.3 Å². The number of nitrogens with zero attached hydrogens (tertiary/aromatic N) is 1. The molecule has 1 aromatic carbocycles. The Morgan fingerprint density at radius 1 is 1.27 bits per heavy atom. The normalized spacial score (nSPS) is 15.8. The molecule has 1 fully saturated rings. The maximum Gasteiger partial charge on any atom is 0.236 e. The van der Waals surface area contributed by atoms with E-state index in [1.54, 1.807) is 0 Å². The van der Waals surface area contributed by atoms with Crippen molar-refractivity contribution in [2.24, 2.45) is 5.92 Å². The molecule has 0 atom stereocenters. The molecule has 1 aliphatic heterocycles. The molecular weight excluding hydrogens is 276 g/mol. The molecule has 0 saturated carbocycles. The second-order valence-corrected chi connectivity index (χ2v) is 5.97. The summed E-state index contributed by atoms with van der Waals surface area (Å²) >= 11 is 0. The summed E-state index contributed by atoms with van der Waals surface area (Å²) in [5.74, 6) is 1.92. The minimum absolute atomic E-state index is 0.229. The SMILES string of the molecule is CCOc1ccc(CCC2CCN(C(=O)CNC)CC2)cc1. The number of amides is 1. The van der Waals surface area contributed by atoms with Crippen molar-refractivity contribution >= 4 is 5.91 Å². The maximum absolute atomic E-state index is 11.8. The predicted molar refractivity (Wildman–Crippen MR) is 89.2 cm³/mol. The van der Waals surface area contributed by atoms with Gasteiger partial charge in [-0.05, 0) is 63.3 Å². The number of rotatable bonds is 7. The van der Waals surface area contributed by atoms with Crippen molar-refractivity contribution in [1.82, 2.24) is 10.2 Å². The standard InChI is InChI=1S/C18H28N2O2/c1-3-22-17-8-6-15(7-9-17)4-5-16-10-12-20(13-11-16)18(21)14-19-2/h6-9,16,19H,3-5,10-14H2,1-2H3. The van der Waals surface area contributed by atoms with Crippen molar-refractivity contribution in [1.29, 1.82) is 0 Å². The Labute approximate surface area is 133 Å². The van der Waals surface area contributed by atoms with Gasteiger partial charge >= 0.3 is 0 Å². The van der Waals surface area contributed by atoms with Crippen LogP contribution in [0.25, 0.3) is 0 Å². The van der Waals surface area contributed by atoms with Gasteiger partial charge in [-0.25, -0.2) is 0 Å². The molecule has 1 aromatic rings. The van der Waals surface area contributed by atoms with Crippen molar-refractivity contribution < 1.29 is 9.53 Å². The minimum Gasteiger partial charge on any atom is -0.494 e. The molecule has 1 N–H and O–H groups in total. The Morgan fingerprint density at radius 3 is 2.55 bits per heavy atom. The number of carbonyl (C=O) groups excluding carboxylic acids is 1. The Hall–Kier alpha value is -1.55. The van der Waals surface area contributed by atoms with Crippen LogP contribution in [0, 0.1) is 5.92 Å². The van der Waals surface area contributed by atoms with Crippen LogP contribution < -0.4 is 10.1 Å². The number of piperidine rings is 1. The number of hydrogen-bond acceptors (Lipinski definition) is 3. The van der Waals surface area contributed by atoms with Gasteiger partial charge in [-0.2, -0.15) is 0 Å². The van der Waals surface area contributed by atoms with Crippen LogP contribution in [0.2, 0.25) is 0 Å². The zero-order valence-electron chi connectivity index (χ0n) is 13.8. The zero-order chi connectivity index (χ0) is 15.8. The fourth-order valence-corrected chi connectivity index (χ4v) is 3.02. The highest BCUT2D eigenvalue weighted by Crippen LogP contribution is 2.23. The number of benzene rings is 1. The molecule has 0 aliphatic carbocycles. The largest absolute Gasteiger partial charge is 0.494 e. The molecule has 1 aliphatic rings.